The number of nitrogens with one attached hydrogen (secondary N) is 1. The second-order valence-corrected chi connectivity index (χ2v) is 3.68. The van der Waals surface area contributed by atoms with Crippen LogP contribution >= 0.6 is 0 Å². The molecule has 0 bridgehead atoms. The lowest BCUT2D eigenvalue weighted by Crippen LogP contribution is -2.19. The zero-order chi connectivity index (χ0) is 13.8. The molecule has 1 heterocycles. The maximum absolute atomic E-state index is 11.7. The number of benzene rings is 1. The predicted molar refractivity (Wildman–Crippen MR) is 63.7 cm³/mol. The molecule has 0 unspecified atom stereocenters. The summed E-state index contributed by atoms with van der Waals surface area (Å²) < 4.78 is 1.30. The van der Waals surface area contributed by atoms with Crippen molar-refractivity contribution in [2.24, 2.45) is 0 Å². The number of nitrogens with zero attached hydrogens (tertiary/aromatic N) is 3. The Balaban J connectivity index is 2.11. The first kappa shape index (κ1) is 12.6. The lowest BCUT2D eigenvalue weighted by Gasteiger charge is -2.08. The summed E-state index contributed by atoms with van der Waals surface area (Å²) in [4.78, 5) is 26.1. The number of phenols is 1. The van der Waals surface area contributed by atoms with Crippen LogP contribution in [0, 0.1) is 0 Å². The van der Waals surface area contributed by atoms with E-state index in [-0.39, 0.29) is 23.5 Å². The van der Waals surface area contributed by atoms with E-state index in [1.807, 2.05) is 0 Å². The number of carbonyl (C=O) groups is 2. The first-order valence-electron chi connectivity index (χ1n) is 5.25. The van der Waals surface area contributed by atoms with E-state index in [1.165, 1.54) is 35.5 Å². The second kappa shape index (κ2) is 5.17. The molecule has 2 rings (SSSR count). The fourth-order valence-corrected chi connectivity index (χ4v) is 1.42. The highest BCUT2D eigenvalue weighted by Crippen LogP contribution is 2.24. The minimum Gasteiger partial charge on any atom is -0.506 e. The number of carbonyl (C=O) groups excluding carboxylic acids is 1. The number of aromatic carboxylic acids is 1. The Morgan fingerprint density at radius 3 is 2.79 bits per heavy atom. The van der Waals surface area contributed by atoms with Gasteiger partial charge in [-0.2, -0.15) is 5.10 Å². The molecule has 98 valence electrons. The Kier molecular flexibility index (Phi) is 3.42. The zero-order valence-electron chi connectivity index (χ0n) is 9.65. The van der Waals surface area contributed by atoms with Crippen LogP contribution in [0.15, 0.2) is 30.9 Å². The Bertz CT molecular complexity index is 609. The van der Waals surface area contributed by atoms with E-state index >= 15 is 0 Å². The van der Waals surface area contributed by atoms with E-state index in [0.717, 1.165) is 0 Å². The molecule has 0 spiro atoms. The molecular weight excluding hydrogens is 252 g/mol. The summed E-state index contributed by atoms with van der Waals surface area (Å²) in [5, 5.41) is 24.5. The van der Waals surface area contributed by atoms with Crippen molar-refractivity contribution in [3.05, 3.63) is 36.4 Å². The number of rotatable bonds is 4. The van der Waals surface area contributed by atoms with Gasteiger partial charge in [0, 0.05) is 0 Å². The number of aromatic nitrogens is 3. The van der Waals surface area contributed by atoms with Crippen molar-refractivity contribution >= 4 is 17.6 Å². The molecule has 1 amide bonds. The van der Waals surface area contributed by atoms with Crippen molar-refractivity contribution in [3.8, 4) is 5.75 Å². The largest absolute Gasteiger partial charge is 0.506 e. The quantitative estimate of drug-likeness (QED) is 0.683. The lowest BCUT2D eigenvalue weighted by atomic mass is 10.2. The third-order valence-electron chi connectivity index (χ3n) is 2.29. The molecule has 0 atom stereocenters. The van der Waals surface area contributed by atoms with Gasteiger partial charge in [0.1, 0.15) is 24.9 Å². The van der Waals surface area contributed by atoms with Gasteiger partial charge in [0.15, 0.2) is 0 Å². The molecule has 19 heavy (non-hydrogen) atoms. The summed E-state index contributed by atoms with van der Waals surface area (Å²) in [7, 11) is 0. The molecule has 3 N–H and O–H groups in total. The van der Waals surface area contributed by atoms with E-state index in [9.17, 15) is 14.7 Å². The van der Waals surface area contributed by atoms with Crippen LogP contribution in [-0.2, 0) is 11.3 Å². The van der Waals surface area contributed by atoms with Crippen molar-refractivity contribution in [1.82, 2.24) is 14.8 Å². The number of hydrogen-bond acceptors (Lipinski definition) is 5. The monoisotopic (exact) mass is 262 g/mol. The van der Waals surface area contributed by atoms with Crippen LogP contribution < -0.4 is 5.32 Å². The molecule has 0 aliphatic rings. The van der Waals surface area contributed by atoms with Crippen LogP contribution in [0.2, 0.25) is 0 Å². The Morgan fingerprint density at radius 1 is 1.37 bits per heavy atom. The number of anilines is 1. The van der Waals surface area contributed by atoms with E-state index in [4.69, 9.17) is 5.11 Å². The summed E-state index contributed by atoms with van der Waals surface area (Å²) in [5.74, 6) is -1.81. The summed E-state index contributed by atoms with van der Waals surface area (Å²) >= 11 is 0. The number of carboxylic acids is 1. The van der Waals surface area contributed by atoms with Gasteiger partial charge in [0.25, 0.3) is 0 Å². The fourth-order valence-electron chi connectivity index (χ4n) is 1.42. The van der Waals surface area contributed by atoms with Gasteiger partial charge in [-0.1, -0.05) is 0 Å². The Labute approximate surface area is 107 Å². The predicted octanol–water partition coefficient (Wildman–Crippen LogP) is 0.321. The van der Waals surface area contributed by atoms with Crippen molar-refractivity contribution in [2.45, 2.75) is 6.54 Å². The molecule has 0 radical (unpaired) electrons. The van der Waals surface area contributed by atoms with Crippen LogP contribution in [0.5, 0.6) is 5.75 Å². The van der Waals surface area contributed by atoms with Crippen molar-refractivity contribution in [1.29, 1.82) is 0 Å². The molecular formula is C11H10N4O4. The SMILES string of the molecule is O=C(Cn1cncn1)Nc1cc(C(=O)O)ccc1O. The third-order valence-corrected chi connectivity index (χ3v) is 2.29. The molecule has 0 aliphatic heterocycles. The summed E-state index contributed by atoms with van der Waals surface area (Å²) in [6.07, 6.45) is 2.66. The number of amides is 1. The number of carboxylic acid groups (broad SMARTS) is 1. The summed E-state index contributed by atoms with van der Waals surface area (Å²) in [6, 6.07) is 3.62. The Hall–Kier alpha value is -2.90. The van der Waals surface area contributed by atoms with E-state index in [0.29, 0.717) is 0 Å². The summed E-state index contributed by atoms with van der Waals surface area (Å²) in [5.41, 5.74) is -0.00105. The number of phenolic OH excluding ortho intramolecular Hbond substituents is 1. The molecule has 1 aromatic carbocycles. The maximum atomic E-state index is 11.7. The van der Waals surface area contributed by atoms with Gasteiger partial charge in [-0.05, 0) is 18.2 Å². The van der Waals surface area contributed by atoms with Crippen LogP contribution in [-0.4, -0.2) is 36.9 Å². The second-order valence-electron chi connectivity index (χ2n) is 3.68. The molecule has 0 saturated heterocycles. The average molecular weight is 262 g/mol. The number of hydrogen-bond donors (Lipinski definition) is 3. The highest BCUT2D eigenvalue weighted by molar-refractivity contribution is 5.95. The zero-order valence-corrected chi connectivity index (χ0v) is 9.65. The first-order chi connectivity index (χ1) is 9.06. The third kappa shape index (κ3) is 3.06. The van der Waals surface area contributed by atoms with Crippen molar-refractivity contribution in [2.75, 3.05) is 5.32 Å². The Morgan fingerprint density at radius 2 is 2.16 bits per heavy atom. The van der Waals surface area contributed by atoms with Crippen molar-refractivity contribution < 1.29 is 19.8 Å². The molecule has 1 aromatic heterocycles. The van der Waals surface area contributed by atoms with E-state index in [2.05, 4.69) is 15.4 Å². The van der Waals surface area contributed by atoms with Gasteiger partial charge in [0.2, 0.25) is 5.91 Å². The highest BCUT2D eigenvalue weighted by atomic mass is 16.4. The topological polar surface area (TPSA) is 117 Å². The summed E-state index contributed by atoms with van der Waals surface area (Å²) in [6.45, 7) is -0.0866. The van der Waals surface area contributed by atoms with Crippen molar-refractivity contribution in [3.63, 3.8) is 0 Å². The number of aromatic hydroxyl groups is 1. The fraction of sp³-hybridized carbons (Fsp3) is 0.0909. The van der Waals surface area contributed by atoms with Gasteiger partial charge in [-0.15, -0.1) is 0 Å². The van der Waals surface area contributed by atoms with E-state index in [1.54, 1.807) is 0 Å². The highest BCUT2D eigenvalue weighted by Gasteiger charge is 2.11. The normalized spacial score (nSPS) is 10.1. The molecule has 0 aliphatic carbocycles. The van der Waals surface area contributed by atoms with Gasteiger partial charge in [-0.25, -0.2) is 14.5 Å². The maximum Gasteiger partial charge on any atom is 0.335 e. The molecule has 2 aromatic rings. The first-order valence-corrected chi connectivity index (χ1v) is 5.25. The smallest absolute Gasteiger partial charge is 0.335 e. The minimum absolute atomic E-state index is 0.0324. The molecule has 8 nitrogen and oxygen atoms in total. The molecule has 0 fully saturated rings. The van der Waals surface area contributed by atoms with Crippen LogP contribution in [0.1, 0.15) is 10.4 Å². The van der Waals surface area contributed by atoms with Gasteiger partial charge < -0.3 is 15.5 Å². The van der Waals surface area contributed by atoms with E-state index < -0.39 is 11.9 Å². The van der Waals surface area contributed by atoms with Gasteiger partial charge in [0.05, 0.1) is 11.3 Å². The lowest BCUT2D eigenvalue weighted by molar-refractivity contribution is -0.116. The van der Waals surface area contributed by atoms with Crippen LogP contribution in [0.3, 0.4) is 0 Å². The molecule has 8 heteroatoms. The average Bonchev–Trinajstić information content (AvgIpc) is 2.84. The van der Waals surface area contributed by atoms with Gasteiger partial charge >= 0.3 is 5.97 Å². The van der Waals surface area contributed by atoms with Gasteiger partial charge in [-0.3, -0.25) is 4.79 Å². The standard InChI is InChI=1S/C11H10N4O4/c16-9-2-1-7(11(18)19)3-8(9)14-10(17)4-15-6-12-5-13-15/h1-3,5-6,16H,4H2,(H,14,17)(H,18,19). The molecule has 0 saturated carbocycles. The van der Waals surface area contributed by atoms with Crippen LogP contribution in [0.4, 0.5) is 5.69 Å². The minimum atomic E-state index is -1.15. The van der Waals surface area contributed by atoms with Crippen LogP contribution in [0.25, 0.3) is 0 Å².